The van der Waals surface area contributed by atoms with Crippen LogP contribution in [0.4, 0.5) is 0 Å². The van der Waals surface area contributed by atoms with Crippen LogP contribution in [0.1, 0.15) is 27.8 Å². The molecule has 0 unspecified atom stereocenters. The minimum atomic E-state index is 0.109. The third-order valence-electron chi connectivity index (χ3n) is 4.15. The summed E-state index contributed by atoms with van der Waals surface area (Å²) in [5.74, 6) is 1.03. The number of benzene rings is 1. The summed E-state index contributed by atoms with van der Waals surface area (Å²) in [6.07, 6.45) is 3.58. The normalized spacial score (nSPS) is 19.7. The van der Waals surface area contributed by atoms with Crippen LogP contribution in [0.15, 0.2) is 36.7 Å². The summed E-state index contributed by atoms with van der Waals surface area (Å²) in [4.78, 5) is 24.4. The molecular formula is C16H20N4O. The number of hydrogen-bond donors (Lipinski definition) is 1. The van der Waals surface area contributed by atoms with Crippen LogP contribution >= 0.6 is 0 Å². The van der Waals surface area contributed by atoms with E-state index < -0.39 is 0 Å². The number of rotatable bonds is 2. The smallest absolute Gasteiger partial charge is 0.254 e. The maximum atomic E-state index is 12.7. The van der Waals surface area contributed by atoms with Gasteiger partial charge in [0, 0.05) is 37.6 Å². The molecule has 0 saturated carbocycles. The topological polar surface area (TPSA) is 52.2 Å². The Morgan fingerprint density at radius 1 is 1.33 bits per heavy atom. The number of likely N-dealkylation sites (N-methyl/N-ethyl adjacent to an activating group) is 1. The number of hydrogen-bond acceptors (Lipinski definition) is 3. The second-order valence-electron chi connectivity index (χ2n) is 5.54. The number of amides is 1. The molecule has 1 N–H and O–H groups in total. The number of piperazine rings is 1. The largest absolute Gasteiger partial charge is 0.347 e. The van der Waals surface area contributed by atoms with E-state index in [1.807, 2.05) is 42.3 Å². The number of carbonyl (C=O) groups is 1. The summed E-state index contributed by atoms with van der Waals surface area (Å²) < 4.78 is 0. The van der Waals surface area contributed by atoms with Crippen LogP contribution in [-0.4, -0.2) is 52.4 Å². The summed E-state index contributed by atoms with van der Waals surface area (Å²) in [6, 6.07) is 7.88. The number of aryl methyl sites for hydroxylation is 1. The van der Waals surface area contributed by atoms with Crippen LogP contribution in [0.5, 0.6) is 0 Å². The second kappa shape index (κ2) is 5.69. The Balaban J connectivity index is 1.80. The van der Waals surface area contributed by atoms with Gasteiger partial charge < -0.3 is 9.88 Å². The molecule has 3 rings (SSSR count). The molecule has 1 saturated heterocycles. The molecular weight excluding hydrogens is 264 g/mol. The number of carbonyl (C=O) groups excluding carboxylic acids is 1. The summed E-state index contributed by atoms with van der Waals surface area (Å²) in [6.45, 7) is 4.24. The third kappa shape index (κ3) is 2.69. The molecule has 5 nitrogen and oxygen atoms in total. The van der Waals surface area contributed by atoms with Crippen LogP contribution in [0.2, 0.25) is 0 Å². The first-order valence-corrected chi connectivity index (χ1v) is 7.21. The van der Waals surface area contributed by atoms with E-state index in [1.54, 1.807) is 6.20 Å². The van der Waals surface area contributed by atoms with E-state index in [2.05, 4.69) is 21.9 Å². The second-order valence-corrected chi connectivity index (χ2v) is 5.54. The molecule has 0 aliphatic carbocycles. The fraction of sp³-hybridized carbons (Fsp3) is 0.375. The van der Waals surface area contributed by atoms with Gasteiger partial charge in [-0.1, -0.05) is 18.2 Å². The van der Waals surface area contributed by atoms with Gasteiger partial charge in [0.05, 0.1) is 6.04 Å². The Morgan fingerprint density at radius 3 is 2.86 bits per heavy atom. The molecule has 1 amide bonds. The van der Waals surface area contributed by atoms with Crippen LogP contribution in [0.3, 0.4) is 0 Å². The van der Waals surface area contributed by atoms with E-state index in [4.69, 9.17) is 0 Å². The number of aromatic nitrogens is 2. The monoisotopic (exact) mass is 284 g/mol. The number of imidazole rings is 1. The Labute approximate surface area is 124 Å². The van der Waals surface area contributed by atoms with Gasteiger partial charge in [-0.25, -0.2) is 4.98 Å². The van der Waals surface area contributed by atoms with Gasteiger partial charge in [-0.05, 0) is 25.6 Å². The van der Waals surface area contributed by atoms with Crippen molar-refractivity contribution in [2.24, 2.45) is 0 Å². The third-order valence-corrected chi connectivity index (χ3v) is 4.15. The van der Waals surface area contributed by atoms with Crippen LogP contribution in [0, 0.1) is 6.92 Å². The number of aromatic amines is 1. The molecule has 5 heteroatoms. The van der Waals surface area contributed by atoms with E-state index in [9.17, 15) is 4.79 Å². The molecule has 1 aromatic heterocycles. The molecule has 0 radical (unpaired) electrons. The molecule has 2 heterocycles. The lowest BCUT2D eigenvalue weighted by Crippen LogP contribution is -2.49. The van der Waals surface area contributed by atoms with Crippen LogP contribution < -0.4 is 0 Å². The molecule has 110 valence electrons. The van der Waals surface area contributed by atoms with Gasteiger partial charge in [-0.3, -0.25) is 9.69 Å². The highest BCUT2D eigenvalue weighted by Crippen LogP contribution is 2.23. The molecule has 0 spiro atoms. The highest BCUT2D eigenvalue weighted by Gasteiger charge is 2.30. The van der Waals surface area contributed by atoms with Gasteiger partial charge in [0.25, 0.3) is 5.91 Å². The fourth-order valence-corrected chi connectivity index (χ4v) is 2.80. The maximum absolute atomic E-state index is 12.7. The number of H-pyrrole nitrogens is 1. The number of nitrogens with zero attached hydrogens (tertiary/aromatic N) is 3. The van der Waals surface area contributed by atoms with E-state index in [0.717, 1.165) is 30.0 Å². The SMILES string of the molecule is Cc1ccccc1C(=O)N1CCN(C)[C@H](c2ncc[nH]2)C1. The van der Waals surface area contributed by atoms with Crippen molar-refractivity contribution < 1.29 is 4.79 Å². The Morgan fingerprint density at radius 2 is 2.14 bits per heavy atom. The predicted octanol–water partition coefficient (Wildman–Crippen LogP) is 1.85. The van der Waals surface area contributed by atoms with E-state index in [0.29, 0.717) is 6.54 Å². The molecule has 0 bridgehead atoms. The molecule has 21 heavy (non-hydrogen) atoms. The summed E-state index contributed by atoms with van der Waals surface area (Å²) >= 11 is 0. The first kappa shape index (κ1) is 13.8. The van der Waals surface area contributed by atoms with Gasteiger partial charge in [0.1, 0.15) is 5.82 Å². The summed E-state index contributed by atoms with van der Waals surface area (Å²) in [5.41, 5.74) is 1.82. The highest BCUT2D eigenvalue weighted by molar-refractivity contribution is 5.95. The molecule has 1 aliphatic rings. The van der Waals surface area contributed by atoms with Crippen molar-refractivity contribution in [3.8, 4) is 0 Å². The quantitative estimate of drug-likeness (QED) is 0.915. The Bertz CT molecular complexity index is 623. The minimum absolute atomic E-state index is 0.109. The highest BCUT2D eigenvalue weighted by atomic mass is 16.2. The summed E-state index contributed by atoms with van der Waals surface area (Å²) in [7, 11) is 2.07. The predicted molar refractivity (Wildman–Crippen MR) is 81.0 cm³/mol. The zero-order chi connectivity index (χ0) is 14.8. The van der Waals surface area contributed by atoms with Crippen molar-refractivity contribution in [3.05, 3.63) is 53.6 Å². The van der Waals surface area contributed by atoms with Gasteiger partial charge in [-0.2, -0.15) is 0 Å². The molecule has 1 aromatic carbocycles. The lowest BCUT2D eigenvalue weighted by Gasteiger charge is -2.38. The lowest BCUT2D eigenvalue weighted by atomic mass is 10.1. The van der Waals surface area contributed by atoms with Crippen molar-refractivity contribution in [2.45, 2.75) is 13.0 Å². The van der Waals surface area contributed by atoms with E-state index in [1.165, 1.54) is 0 Å². The van der Waals surface area contributed by atoms with Crippen molar-refractivity contribution in [2.75, 3.05) is 26.7 Å². The van der Waals surface area contributed by atoms with Gasteiger partial charge in [0.15, 0.2) is 0 Å². The number of nitrogens with one attached hydrogen (secondary N) is 1. The molecule has 1 atom stereocenters. The summed E-state index contributed by atoms with van der Waals surface area (Å²) in [5, 5.41) is 0. The molecule has 1 aliphatic heterocycles. The lowest BCUT2D eigenvalue weighted by molar-refractivity contribution is 0.0534. The van der Waals surface area contributed by atoms with Gasteiger partial charge in [-0.15, -0.1) is 0 Å². The molecule has 1 fully saturated rings. The zero-order valence-corrected chi connectivity index (χ0v) is 12.4. The Hall–Kier alpha value is -2.14. The van der Waals surface area contributed by atoms with E-state index in [-0.39, 0.29) is 11.9 Å². The van der Waals surface area contributed by atoms with Crippen molar-refractivity contribution in [3.63, 3.8) is 0 Å². The average Bonchev–Trinajstić information content (AvgIpc) is 3.01. The first-order chi connectivity index (χ1) is 10.2. The van der Waals surface area contributed by atoms with Gasteiger partial charge in [0.2, 0.25) is 0 Å². The average molecular weight is 284 g/mol. The zero-order valence-electron chi connectivity index (χ0n) is 12.4. The van der Waals surface area contributed by atoms with Crippen molar-refractivity contribution >= 4 is 5.91 Å². The fourth-order valence-electron chi connectivity index (χ4n) is 2.80. The maximum Gasteiger partial charge on any atom is 0.254 e. The van der Waals surface area contributed by atoms with Gasteiger partial charge >= 0.3 is 0 Å². The van der Waals surface area contributed by atoms with Crippen LogP contribution in [-0.2, 0) is 0 Å². The van der Waals surface area contributed by atoms with Crippen LogP contribution in [0.25, 0.3) is 0 Å². The molecule has 2 aromatic rings. The Kier molecular flexibility index (Phi) is 3.75. The van der Waals surface area contributed by atoms with Crippen molar-refractivity contribution in [1.29, 1.82) is 0 Å². The standard InChI is InChI=1S/C16H20N4O/c1-12-5-3-4-6-13(12)16(21)20-10-9-19(2)14(11-20)15-17-7-8-18-15/h3-8,14H,9-11H2,1-2H3,(H,17,18)/t14-/m0/s1. The van der Waals surface area contributed by atoms with E-state index >= 15 is 0 Å². The minimum Gasteiger partial charge on any atom is -0.347 e. The van der Waals surface area contributed by atoms with Crippen molar-refractivity contribution in [1.82, 2.24) is 19.8 Å². The first-order valence-electron chi connectivity index (χ1n) is 7.21.